The quantitative estimate of drug-likeness (QED) is 0.636. The summed E-state index contributed by atoms with van der Waals surface area (Å²) in [6.45, 7) is 2.25. The van der Waals surface area contributed by atoms with Crippen LogP contribution in [0.1, 0.15) is 10.4 Å². The Morgan fingerprint density at radius 1 is 1.67 bits per heavy atom. The van der Waals surface area contributed by atoms with Crippen LogP contribution in [0.15, 0.2) is 11.4 Å². The van der Waals surface area contributed by atoms with Crippen molar-refractivity contribution in [3.05, 3.63) is 21.9 Å². The molecule has 5 nitrogen and oxygen atoms in total. The van der Waals surface area contributed by atoms with Gasteiger partial charge in [0, 0.05) is 4.88 Å². The molecule has 0 bridgehead atoms. The van der Waals surface area contributed by atoms with Gasteiger partial charge in [-0.2, -0.15) is 0 Å². The van der Waals surface area contributed by atoms with E-state index in [2.05, 4.69) is 5.32 Å². The molecule has 1 aromatic rings. The molecule has 0 fully saturated rings. The Balaban J connectivity index is 2.48. The lowest BCUT2D eigenvalue weighted by atomic mass is 10.2. The van der Waals surface area contributed by atoms with Gasteiger partial charge < -0.3 is 16.2 Å². The summed E-state index contributed by atoms with van der Waals surface area (Å²) in [5.41, 5.74) is 6.20. The molecule has 1 rings (SSSR count). The van der Waals surface area contributed by atoms with Crippen LogP contribution in [0.25, 0.3) is 0 Å². The summed E-state index contributed by atoms with van der Waals surface area (Å²) in [4.78, 5) is 22.6. The Labute approximate surface area is 90.9 Å². The molecule has 1 heterocycles. The van der Waals surface area contributed by atoms with Crippen LogP contribution in [0.2, 0.25) is 0 Å². The Morgan fingerprint density at radius 2 is 2.33 bits per heavy atom. The minimum Gasteiger partial charge on any atom is -0.480 e. The molecule has 0 radical (unpaired) electrons. The highest BCUT2D eigenvalue weighted by molar-refractivity contribution is 7.10. The first kappa shape index (κ1) is 11.7. The van der Waals surface area contributed by atoms with Gasteiger partial charge in [0.25, 0.3) is 0 Å². The average molecular weight is 228 g/mol. The minimum absolute atomic E-state index is 0.323. The van der Waals surface area contributed by atoms with Crippen molar-refractivity contribution in [1.82, 2.24) is 5.32 Å². The van der Waals surface area contributed by atoms with Crippen LogP contribution in [-0.4, -0.2) is 23.0 Å². The number of thiophene rings is 1. The molecule has 6 heteroatoms. The number of nitrogens with one attached hydrogen (secondary N) is 1. The van der Waals surface area contributed by atoms with Gasteiger partial charge in [-0.1, -0.05) is 0 Å². The zero-order chi connectivity index (χ0) is 11.4. The summed E-state index contributed by atoms with van der Waals surface area (Å²) in [6, 6.07) is 0.439. The zero-order valence-corrected chi connectivity index (χ0v) is 9.00. The number of carbonyl (C=O) groups excluding carboxylic acids is 1. The number of amides is 1. The van der Waals surface area contributed by atoms with Crippen molar-refractivity contribution in [2.24, 2.45) is 5.73 Å². The number of hydrogen-bond acceptors (Lipinski definition) is 4. The molecule has 1 amide bonds. The number of carboxylic acids is 1. The van der Waals surface area contributed by atoms with Crippen molar-refractivity contribution in [3.63, 3.8) is 0 Å². The predicted octanol–water partition coefficient (Wildman–Crippen LogP) is 0.0846. The lowest BCUT2D eigenvalue weighted by Gasteiger charge is -2.07. The van der Waals surface area contributed by atoms with Crippen molar-refractivity contribution in [3.8, 4) is 0 Å². The lowest BCUT2D eigenvalue weighted by Crippen LogP contribution is -2.45. The van der Waals surface area contributed by atoms with Gasteiger partial charge in [-0.25, -0.2) is 4.79 Å². The van der Waals surface area contributed by atoms with E-state index in [1.165, 1.54) is 11.3 Å². The van der Waals surface area contributed by atoms with Gasteiger partial charge in [0.2, 0.25) is 5.91 Å². The maximum Gasteiger partial charge on any atom is 0.330 e. The number of carboxylic acid groups (broad SMARTS) is 1. The van der Waals surface area contributed by atoms with Gasteiger partial charge >= 0.3 is 5.97 Å². The van der Waals surface area contributed by atoms with Gasteiger partial charge in [-0.05, 0) is 23.9 Å². The fraction of sp³-hybridized carbons (Fsp3) is 0.333. The van der Waals surface area contributed by atoms with Crippen LogP contribution in [0.4, 0.5) is 0 Å². The third-order valence-corrected chi connectivity index (χ3v) is 2.96. The molecule has 0 aliphatic heterocycles. The van der Waals surface area contributed by atoms with Gasteiger partial charge in [-0.3, -0.25) is 4.79 Å². The third-order valence-electron chi connectivity index (χ3n) is 1.94. The first-order chi connectivity index (χ1) is 7.02. The van der Waals surface area contributed by atoms with Gasteiger partial charge in [0.05, 0.1) is 6.54 Å². The van der Waals surface area contributed by atoms with Crippen LogP contribution >= 0.6 is 11.3 Å². The number of carbonyl (C=O) groups is 2. The SMILES string of the molecule is Cc1ccsc1CNC(=O)C(N)C(=O)O. The van der Waals surface area contributed by atoms with Crippen LogP contribution in [0, 0.1) is 6.92 Å². The van der Waals surface area contributed by atoms with Crippen LogP contribution in [-0.2, 0) is 16.1 Å². The van der Waals surface area contributed by atoms with Crippen molar-refractivity contribution in [2.45, 2.75) is 19.5 Å². The van der Waals surface area contributed by atoms with Crippen LogP contribution in [0.3, 0.4) is 0 Å². The topological polar surface area (TPSA) is 92.4 Å². The second kappa shape index (κ2) is 4.90. The van der Waals surface area contributed by atoms with Gasteiger partial charge in [-0.15, -0.1) is 11.3 Å². The van der Waals surface area contributed by atoms with Crippen LogP contribution < -0.4 is 11.1 Å². The molecule has 0 saturated heterocycles. The highest BCUT2D eigenvalue weighted by Crippen LogP contribution is 2.14. The van der Waals surface area contributed by atoms with E-state index in [1.807, 2.05) is 18.4 Å². The number of nitrogens with two attached hydrogens (primary N) is 1. The molecule has 82 valence electrons. The average Bonchev–Trinajstić information content (AvgIpc) is 2.59. The van der Waals surface area contributed by atoms with E-state index in [1.54, 1.807) is 0 Å². The Morgan fingerprint density at radius 3 is 2.80 bits per heavy atom. The second-order valence-corrected chi connectivity index (χ2v) is 4.06. The molecule has 15 heavy (non-hydrogen) atoms. The molecule has 0 aliphatic rings. The summed E-state index contributed by atoms with van der Waals surface area (Å²) in [6.07, 6.45) is 0. The number of aryl methyl sites for hydroxylation is 1. The highest BCUT2D eigenvalue weighted by Gasteiger charge is 2.20. The fourth-order valence-corrected chi connectivity index (χ4v) is 1.82. The molecule has 0 saturated carbocycles. The van der Waals surface area contributed by atoms with Crippen molar-refractivity contribution < 1.29 is 14.7 Å². The molecule has 0 spiro atoms. The van der Waals surface area contributed by atoms with E-state index in [-0.39, 0.29) is 0 Å². The van der Waals surface area contributed by atoms with Crippen molar-refractivity contribution in [1.29, 1.82) is 0 Å². The van der Waals surface area contributed by atoms with Crippen molar-refractivity contribution in [2.75, 3.05) is 0 Å². The van der Waals surface area contributed by atoms with Crippen molar-refractivity contribution >= 4 is 23.2 Å². The molecular weight excluding hydrogens is 216 g/mol. The summed E-state index contributed by atoms with van der Waals surface area (Å²) in [5, 5.41) is 12.9. The fourth-order valence-electron chi connectivity index (χ4n) is 0.975. The molecule has 1 aromatic heterocycles. The zero-order valence-electron chi connectivity index (χ0n) is 8.19. The third kappa shape index (κ3) is 3.03. The van der Waals surface area contributed by atoms with Gasteiger partial charge in [0.1, 0.15) is 0 Å². The molecule has 1 atom stereocenters. The van der Waals surface area contributed by atoms with E-state index >= 15 is 0 Å². The van der Waals surface area contributed by atoms with Gasteiger partial charge in [0.15, 0.2) is 6.04 Å². The molecular formula is C9H12N2O3S. The highest BCUT2D eigenvalue weighted by atomic mass is 32.1. The van der Waals surface area contributed by atoms with E-state index < -0.39 is 17.9 Å². The summed E-state index contributed by atoms with van der Waals surface area (Å²) in [5.74, 6) is -1.99. The number of aliphatic carboxylic acids is 1. The molecule has 1 unspecified atom stereocenters. The Bertz CT molecular complexity index is 375. The minimum atomic E-state index is -1.50. The monoisotopic (exact) mass is 228 g/mol. The standard InChI is InChI=1S/C9H12N2O3S/c1-5-2-3-15-6(5)4-11-8(12)7(10)9(13)14/h2-3,7H,4,10H2,1H3,(H,11,12)(H,13,14). The smallest absolute Gasteiger partial charge is 0.330 e. The number of rotatable bonds is 4. The Kier molecular flexibility index (Phi) is 3.81. The van der Waals surface area contributed by atoms with E-state index in [4.69, 9.17) is 10.8 Å². The first-order valence-electron chi connectivity index (χ1n) is 4.31. The molecule has 4 N–H and O–H groups in total. The predicted molar refractivity (Wildman–Crippen MR) is 56.5 cm³/mol. The normalized spacial score (nSPS) is 12.1. The molecule has 0 aliphatic carbocycles. The van der Waals surface area contributed by atoms with E-state index in [0.29, 0.717) is 6.54 Å². The Hall–Kier alpha value is -1.40. The maximum absolute atomic E-state index is 11.2. The summed E-state index contributed by atoms with van der Waals surface area (Å²) < 4.78 is 0. The maximum atomic E-state index is 11.2. The van der Waals surface area contributed by atoms with Crippen LogP contribution in [0.5, 0.6) is 0 Å². The second-order valence-electron chi connectivity index (χ2n) is 3.06. The summed E-state index contributed by atoms with van der Waals surface area (Å²) in [7, 11) is 0. The summed E-state index contributed by atoms with van der Waals surface area (Å²) >= 11 is 1.51. The first-order valence-corrected chi connectivity index (χ1v) is 5.19. The van der Waals surface area contributed by atoms with E-state index in [9.17, 15) is 9.59 Å². The number of hydrogen-bond donors (Lipinski definition) is 3. The van der Waals surface area contributed by atoms with E-state index in [0.717, 1.165) is 10.4 Å². The largest absolute Gasteiger partial charge is 0.480 e. The lowest BCUT2D eigenvalue weighted by molar-refractivity contribution is -0.142. The molecule has 0 aromatic carbocycles.